The van der Waals surface area contributed by atoms with Gasteiger partial charge in [-0.2, -0.15) is 0 Å². The van der Waals surface area contributed by atoms with Crippen molar-refractivity contribution in [3.05, 3.63) is 29.8 Å². The molecule has 2 nitrogen and oxygen atoms in total. The van der Waals surface area contributed by atoms with Crippen molar-refractivity contribution in [3.8, 4) is 0 Å². The van der Waals surface area contributed by atoms with Crippen LogP contribution in [0.25, 0.3) is 0 Å². The van der Waals surface area contributed by atoms with Crippen LogP contribution in [0.15, 0.2) is 29.2 Å². The Morgan fingerprint density at radius 1 is 1.00 bits per heavy atom. The van der Waals surface area contributed by atoms with Gasteiger partial charge in [0.05, 0.1) is 0 Å². The van der Waals surface area contributed by atoms with Crippen molar-refractivity contribution in [1.29, 1.82) is 0 Å². The first-order valence-corrected chi connectivity index (χ1v) is 8.81. The number of benzene rings is 1. The van der Waals surface area contributed by atoms with Crippen LogP contribution in [0.1, 0.15) is 46.2 Å². The van der Waals surface area contributed by atoms with Gasteiger partial charge in [0.2, 0.25) is 0 Å². The Balaban J connectivity index is 2.44. The number of hydrogen-bond acceptors (Lipinski definition) is 3. The minimum Gasteiger partial charge on any atom is -0.309 e. The molecule has 1 rings (SSSR count). The van der Waals surface area contributed by atoms with Crippen molar-refractivity contribution in [2.75, 3.05) is 19.3 Å². The molecule has 20 heavy (non-hydrogen) atoms. The number of nitrogens with one attached hydrogen (secondary N) is 1. The summed E-state index contributed by atoms with van der Waals surface area (Å²) in [5, 5.41) is 3.63. The molecule has 1 aromatic rings. The van der Waals surface area contributed by atoms with E-state index in [-0.39, 0.29) is 0 Å². The SMILES string of the molecule is CSc1ccc(C(C)NCCN(C(C)C)C(C)C)cc1. The van der Waals surface area contributed by atoms with E-state index in [9.17, 15) is 0 Å². The summed E-state index contributed by atoms with van der Waals surface area (Å²) < 4.78 is 0. The lowest BCUT2D eigenvalue weighted by atomic mass is 10.1. The second-order valence-corrected chi connectivity index (χ2v) is 6.75. The van der Waals surface area contributed by atoms with Gasteiger partial charge in [0.15, 0.2) is 0 Å². The largest absolute Gasteiger partial charge is 0.309 e. The highest BCUT2D eigenvalue weighted by Gasteiger charge is 2.13. The minimum atomic E-state index is 0.409. The molecule has 1 N–H and O–H groups in total. The van der Waals surface area contributed by atoms with E-state index in [0.717, 1.165) is 13.1 Å². The Morgan fingerprint density at radius 3 is 2.00 bits per heavy atom. The van der Waals surface area contributed by atoms with Gasteiger partial charge in [-0.1, -0.05) is 12.1 Å². The highest BCUT2D eigenvalue weighted by molar-refractivity contribution is 7.98. The summed E-state index contributed by atoms with van der Waals surface area (Å²) in [4.78, 5) is 3.85. The van der Waals surface area contributed by atoms with Crippen LogP contribution < -0.4 is 5.32 Å². The smallest absolute Gasteiger partial charge is 0.0292 e. The molecule has 0 heterocycles. The van der Waals surface area contributed by atoms with Crippen LogP contribution in [0, 0.1) is 0 Å². The van der Waals surface area contributed by atoms with Crippen LogP contribution in [0.4, 0.5) is 0 Å². The summed E-state index contributed by atoms with van der Waals surface area (Å²) in [6.45, 7) is 13.4. The maximum absolute atomic E-state index is 3.63. The monoisotopic (exact) mass is 294 g/mol. The predicted molar refractivity (Wildman–Crippen MR) is 91.6 cm³/mol. The van der Waals surface area contributed by atoms with Gasteiger partial charge in [0.25, 0.3) is 0 Å². The summed E-state index contributed by atoms with van der Waals surface area (Å²) >= 11 is 1.79. The zero-order valence-electron chi connectivity index (χ0n) is 13.8. The Bertz CT molecular complexity index is 365. The Kier molecular flexibility index (Phi) is 7.63. The summed E-state index contributed by atoms with van der Waals surface area (Å²) in [5.41, 5.74) is 1.36. The Morgan fingerprint density at radius 2 is 1.55 bits per heavy atom. The van der Waals surface area contributed by atoms with Crippen LogP contribution >= 0.6 is 11.8 Å². The highest BCUT2D eigenvalue weighted by Crippen LogP contribution is 2.18. The summed E-state index contributed by atoms with van der Waals surface area (Å²) in [6, 6.07) is 10.5. The van der Waals surface area contributed by atoms with Crippen molar-refractivity contribution >= 4 is 11.8 Å². The molecule has 114 valence electrons. The van der Waals surface area contributed by atoms with Crippen LogP contribution in [-0.4, -0.2) is 36.3 Å². The average Bonchev–Trinajstić information content (AvgIpc) is 2.42. The van der Waals surface area contributed by atoms with Gasteiger partial charge in [-0.25, -0.2) is 0 Å². The number of thioether (sulfide) groups is 1. The molecule has 3 heteroatoms. The zero-order valence-corrected chi connectivity index (χ0v) is 14.6. The fraction of sp³-hybridized carbons (Fsp3) is 0.647. The fourth-order valence-electron chi connectivity index (χ4n) is 2.53. The van der Waals surface area contributed by atoms with Crippen LogP contribution in [-0.2, 0) is 0 Å². The predicted octanol–water partition coefficient (Wildman–Crippen LogP) is 4.18. The normalized spacial score (nSPS) is 13.4. The van der Waals surface area contributed by atoms with E-state index >= 15 is 0 Å². The quantitative estimate of drug-likeness (QED) is 0.724. The first kappa shape index (κ1) is 17.5. The van der Waals surface area contributed by atoms with Crippen LogP contribution in [0.3, 0.4) is 0 Å². The molecule has 0 saturated heterocycles. The average molecular weight is 295 g/mol. The molecule has 0 aliphatic rings. The molecule has 0 fully saturated rings. The van der Waals surface area contributed by atoms with E-state index in [0.29, 0.717) is 18.1 Å². The van der Waals surface area contributed by atoms with E-state index in [1.54, 1.807) is 11.8 Å². The van der Waals surface area contributed by atoms with Gasteiger partial charge in [0.1, 0.15) is 0 Å². The zero-order chi connectivity index (χ0) is 15.1. The molecule has 0 bridgehead atoms. The number of hydrogen-bond donors (Lipinski definition) is 1. The van der Waals surface area contributed by atoms with Gasteiger partial charge in [-0.3, -0.25) is 4.90 Å². The Hall–Kier alpha value is -0.510. The van der Waals surface area contributed by atoms with E-state index in [2.05, 4.69) is 75.4 Å². The molecule has 1 unspecified atom stereocenters. The molecule has 0 aromatic heterocycles. The third-order valence-electron chi connectivity index (χ3n) is 3.76. The maximum Gasteiger partial charge on any atom is 0.0292 e. The van der Waals surface area contributed by atoms with E-state index in [1.165, 1.54) is 10.5 Å². The molecule has 0 radical (unpaired) electrons. The lowest BCUT2D eigenvalue weighted by molar-refractivity contribution is 0.174. The van der Waals surface area contributed by atoms with Gasteiger partial charge in [-0.15, -0.1) is 11.8 Å². The lowest BCUT2D eigenvalue weighted by Crippen LogP contribution is -2.41. The topological polar surface area (TPSA) is 15.3 Å². The van der Waals surface area contributed by atoms with E-state index in [4.69, 9.17) is 0 Å². The molecular formula is C17H30N2S. The second-order valence-electron chi connectivity index (χ2n) is 5.87. The molecule has 1 atom stereocenters. The molecule has 0 aliphatic heterocycles. The first-order valence-electron chi connectivity index (χ1n) is 7.58. The van der Waals surface area contributed by atoms with Crippen molar-refractivity contribution in [1.82, 2.24) is 10.2 Å². The third-order valence-corrected chi connectivity index (χ3v) is 4.51. The summed E-state index contributed by atoms with van der Waals surface area (Å²) in [7, 11) is 0. The van der Waals surface area contributed by atoms with Crippen molar-refractivity contribution in [3.63, 3.8) is 0 Å². The summed E-state index contributed by atoms with van der Waals surface area (Å²) in [5.74, 6) is 0. The fourth-order valence-corrected chi connectivity index (χ4v) is 2.94. The third kappa shape index (κ3) is 5.47. The lowest BCUT2D eigenvalue weighted by Gasteiger charge is -2.31. The highest BCUT2D eigenvalue weighted by atomic mass is 32.2. The summed E-state index contributed by atoms with van der Waals surface area (Å²) in [6.07, 6.45) is 2.11. The minimum absolute atomic E-state index is 0.409. The number of rotatable bonds is 8. The van der Waals surface area contributed by atoms with Crippen molar-refractivity contribution < 1.29 is 0 Å². The molecule has 1 aromatic carbocycles. The maximum atomic E-state index is 3.63. The van der Waals surface area contributed by atoms with Crippen molar-refractivity contribution in [2.45, 2.75) is 57.6 Å². The second kappa shape index (κ2) is 8.71. The molecule has 0 aliphatic carbocycles. The van der Waals surface area contributed by atoms with Gasteiger partial charge >= 0.3 is 0 Å². The standard InChI is InChI=1S/C17H30N2S/c1-13(2)19(14(3)4)12-11-18-15(5)16-7-9-17(20-6)10-8-16/h7-10,13-15,18H,11-12H2,1-6H3. The van der Waals surface area contributed by atoms with E-state index in [1.807, 2.05) is 0 Å². The molecular weight excluding hydrogens is 264 g/mol. The van der Waals surface area contributed by atoms with Crippen LogP contribution in [0.5, 0.6) is 0 Å². The molecule has 0 spiro atoms. The number of nitrogens with zero attached hydrogens (tertiary/aromatic N) is 1. The molecule has 0 saturated carbocycles. The first-order chi connectivity index (χ1) is 9.45. The van der Waals surface area contributed by atoms with Gasteiger partial charge < -0.3 is 5.32 Å². The van der Waals surface area contributed by atoms with Crippen molar-refractivity contribution in [2.24, 2.45) is 0 Å². The van der Waals surface area contributed by atoms with Crippen LogP contribution in [0.2, 0.25) is 0 Å². The van der Waals surface area contributed by atoms with Gasteiger partial charge in [-0.05, 0) is 58.6 Å². The molecule has 0 amide bonds. The van der Waals surface area contributed by atoms with E-state index < -0.39 is 0 Å². The Labute approximate surface area is 129 Å². The van der Waals surface area contributed by atoms with Gasteiger partial charge in [0, 0.05) is 36.1 Å².